The minimum Gasteiger partial charge on any atom is -0.478 e. The number of carbonyl (C=O) groups is 1. The Morgan fingerprint density at radius 1 is 1.41 bits per heavy atom. The molecule has 6 heteroatoms. The van der Waals surface area contributed by atoms with Crippen molar-refractivity contribution >= 4 is 15.8 Å². The van der Waals surface area contributed by atoms with Gasteiger partial charge >= 0.3 is 5.97 Å². The third kappa shape index (κ3) is 3.26. The van der Waals surface area contributed by atoms with Gasteiger partial charge in [-0.2, -0.15) is 0 Å². The highest BCUT2D eigenvalue weighted by atomic mass is 32.2. The lowest BCUT2D eigenvalue weighted by atomic mass is 10.1. The number of hydrogen-bond acceptors (Lipinski definition) is 3. The number of carboxylic acid groups (broad SMARTS) is 1. The Kier molecular flexibility index (Phi) is 4.22. The molecule has 0 atom stereocenters. The van der Waals surface area contributed by atoms with Gasteiger partial charge in [-0.1, -0.05) is 6.07 Å². The Hall–Kier alpha value is -1.43. The first-order valence-electron chi connectivity index (χ1n) is 5.01. The molecule has 0 spiro atoms. The Balaban J connectivity index is 3.16. The number of aryl methyl sites for hydroxylation is 1. The van der Waals surface area contributed by atoms with E-state index in [4.69, 9.17) is 5.11 Å². The zero-order chi connectivity index (χ0) is 13.1. The van der Waals surface area contributed by atoms with Crippen molar-refractivity contribution in [1.29, 1.82) is 0 Å². The molecule has 17 heavy (non-hydrogen) atoms. The van der Waals surface area contributed by atoms with Gasteiger partial charge < -0.3 is 5.11 Å². The maximum Gasteiger partial charge on any atom is 0.335 e. The maximum atomic E-state index is 12.0. The second-order valence-corrected chi connectivity index (χ2v) is 5.75. The molecule has 0 aliphatic heterocycles. The summed E-state index contributed by atoms with van der Waals surface area (Å²) in [5, 5.41) is 8.88. The molecule has 0 aliphatic carbocycles. The van der Waals surface area contributed by atoms with Crippen LogP contribution in [0.1, 0.15) is 22.3 Å². The van der Waals surface area contributed by atoms with E-state index in [1.807, 2.05) is 0 Å². The van der Waals surface area contributed by atoms with Crippen molar-refractivity contribution in [2.45, 2.75) is 18.2 Å². The van der Waals surface area contributed by atoms with Gasteiger partial charge in [0.05, 0.1) is 22.9 Å². The van der Waals surface area contributed by atoms with Crippen LogP contribution in [0.5, 0.6) is 0 Å². The minimum absolute atomic E-state index is 0.0497. The molecule has 0 aliphatic rings. The quantitative estimate of drug-likeness (QED) is 0.876. The van der Waals surface area contributed by atoms with Crippen molar-refractivity contribution in [3.63, 3.8) is 0 Å². The Morgan fingerprint density at radius 3 is 2.59 bits per heavy atom. The zero-order valence-corrected chi connectivity index (χ0v) is 10.1. The number of rotatable bonds is 5. The van der Waals surface area contributed by atoms with Crippen LogP contribution in [0.25, 0.3) is 0 Å². The number of aromatic carboxylic acids is 1. The largest absolute Gasteiger partial charge is 0.478 e. The lowest BCUT2D eigenvalue weighted by Crippen LogP contribution is -2.09. The Labute approximate surface area is 99.0 Å². The van der Waals surface area contributed by atoms with Crippen molar-refractivity contribution in [3.8, 4) is 0 Å². The summed E-state index contributed by atoms with van der Waals surface area (Å²) in [5.41, 5.74) is 0.438. The molecule has 1 N–H and O–H groups in total. The molecule has 1 aromatic rings. The number of hydrogen-bond donors (Lipinski definition) is 1. The number of halogens is 1. The number of benzene rings is 1. The van der Waals surface area contributed by atoms with Gasteiger partial charge in [0.2, 0.25) is 0 Å². The van der Waals surface area contributed by atoms with Crippen LogP contribution in [-0.2, 0) is 9.84 Å². The van der Waals surface area contributed by atoms with Crippen LogP contribution in [-0.4, -0.2) is 31.9 Å². The van der Waals surface area contributed by atoms with Crippen molar-refractivity contribution < 1.29 is 22.7 Å². The Morgan fingerprint density at radius 2 is 2.06 bits per heavy atom. The minimum atomic E-state index is -3.60. The molecule has 94 valence electrons. The SMILES string of the molecule is Cc1ccc(S(=O)(=O)CCCF)cc1C(=O)O. The smallest absolute Gasteiger partial charge is 0.335 e. The molecule has 0 bridgehead atoms. The molecule has 0 unspecified atom stereocenters. The van der Waals surface area contributed by atoms with Crippen LogP contribution in [0.15, 0.2) is 23.1 Å². The molecule has 4 nitrogen and oxygen atoms in total. The van der Waals surface area contributed by atoms with Gasteiger partial charge in [-0.05, 0) is 31.0 Å². The number of alkyl halides is 1. The Bertz CT molecular complexity index is 522. The highest BCUT2D eigenvalue weighted by Gasteiger charge is 2.17. The van der Waals surface area contributed by atoms with Gasteiger partial charge in [0.25, 0.3) is 0 Å². The van der Waals surface area contributed by atoms with Gasteiger partial charge in [0.15, 0.2) is 9.84 Å². The summed E-state index contributed by atoms with van der Waals surface area (Å²) in [4.78, 5) is 10.8. The third-order valence-corrected chi connectivity index (χ3v) is 4.14. The lowest BCUT2D eigenvalue weighted by Gasteiger charge is -2.06. The molecule has 0 amide bonds. The average molecular weight is 260 g/mol. The highest BCUT2D eigenvalue weighted by Crippen LogP contribution is 2.17. The molecule has 0 radical (unpaired) electrons. The van der Waals surface area contributed by atoms with Crippen LogP contribution in [0.2, 0.25) is 0 Å². The molecule has 1 aromatic carbocycles. The lowest BCUT2D eigenvalue weighted by molar-refractivity contribution is 0.0696. The van der Waals surface area contributed by atoms with Crippen molar-refractivity contribution in [1.82, 2.24) is 0 Å². The molecule has 1 rings (SSSR count). The highest BCUT2D eigenvalue weighted by molar-refractivity contribution is 7.91. The van der Waals surface area contributed by atoms with Crippen LogP contribution in [0, 0.1) is 6.92 Å². The number of sulfone groups is 1. The van der Waals surface area contributed by atoms with E-state index in [-0.39, 0.29) is 22.6 Å². The first-order valence-corrected chi connectivity index (χ1v) is 6.66. The summed E-state index contributed by atoms with van der Waals surface area (Å²) >= 11 is 0. The molecular weight excluding hydrogens is 247 g/mol. The molecule has 0 saturated heterocycles. The summed E-state index contributed by atoms with van der Waals surface area (Å²) in [5.74, 6) is -1.49. The molecule has 0 fully saturated rings. The van der Waals surface area contributed by atoms with E-state index in [1.54, 1.807) is 6.92 Å². The van der Waals surface area contributed by atoms with Crippen LogP contribution >= 0.6 is 0 Å². The van der Waals surface area contributed by atoms with E-state index in [0.29, 0.717) is 5.56 Å². The average Bonchev–Trinajstić information content (AvgIpc) is 2.26. The van der Waals surface area contributed by atoms with E-state index >= 15 is 0 Å². The second kappa shape index (κ2) is 5.27. The van der Waals surface area contributed by atoms with E-state index in [0.717, 1.165) is 6.07 Å². The predicted octanol–water partition coefficient (Wildman–Crippen LogP) is 1.83. The van der Waals surface area contributed by atoms with Gasteiger partial charge in [-0.25, -0.2) is 13.2 Å². The first kappa shape index (κ1) is 13.6. The second-order valence-electron chi connectivity index (χ2n) is 3.64. The van der Waals surface area contributed by atoms with E-state index in [1.165, 1.54) is 12.1 Å². The van der Waals surface area contributed by atoms with E-state index in [9.17, 15) is 17.6 Å². The fourth-order valence-corrected chi connectivity index (χ4v) is 2.69. The fourth-order valence-electron chi connectivity index (χ4n) is 1.39. The van der Waals surface area contributed by atoms with Crippen LogP contribution in [0.3, 0.4) is 0 Å². The topological polar surface area (TPSA) is 71.4 Å². The zero-order valence-electron chi connectivity index (χ0n) is 9.31. The van der Waals surface area contributed by atoms with Crippen molar-refractivity contribution in [2.24, 2.45) is 0 Å². The van der Waals surface area contributed by atoms with Crippen LogP contribution < -0.4 is 0 Å². The summed E-state index contributed by atoms with van der Waals surface area (Å²) in [7, 11) is -3.60. The van der Waals surface area contributed by atoms with Crippen molar-refractivity contribution in [2.75, 3.05) is 12.4 Å². The summed E-state index contributed by atoms with van der Waals surface area (Å²) in [6.45, 7) is 0.873. The fraction of sp³-hybridized carbons (Fsp3) is 0.364. The van der Waals surface area contributed by atoms with Gasteiger partial charge in [-0.3, -0.25) is 4.39 Å². The summed E-state index contributed by atoms with van der Waals surface area (Å²) < 4.78 is 35.4. The maximum absolute atomic E-state index is 12.0. The normalized spacial score (nSPS) is 11.4. The summed E-state index contributed by atoms with van der Waals surface area (Å²) in [6.07, 6.45) is -0.0847. The standard InChI is InChI=1S/C11H13FO4S/c1-8-3-4-9(7-10(8)11(13)14)17(15,16)6-2-5-12/h3-4,7H,2,5-6H2,1H3,(H,13,14). The van der Waals surface area contributed by atoms with Gasteiger partial charge in [0.1, 0.15) is 0 Å². The third-order valence-electron chi connectivity index (χ3n) is 2.35. The van der Waals surface area contributed by atoms with Crippen LogP contribution in [0.4, 0.5) is 4.39 Å². The monoisotopic (exact) mass is 260 g/mol. The molecular formula is C11H13FO4S. The van der Waals surface area contributed by atoms with Gasteiger partial charge in [0, 0.05) is 0 Å². The molecule has 0 saturated carbocycles. The molecule has 0 heterocycles. The first-order chi connectivity index (χ1) is 7.88. The van der Waals surface area contributed by atoms with E-state index < -0.39 is 22.5 Å². The van der Waals surface area contributed by atoms with Gasteiger partial charge in [-0.15, -0.1) is 0 Å². The number of carboxylic acids is 1. The molecule has 0 aromatic heterocycles. The summed E-state index contributed by atoms with van der Waals surface area (Å²) in [6, 6.07) is 3.90. The predicted molar refractivity (Wildman–Crippen MR) is 60.8 cm³/mol. The van der Waals surface area contributed by atoms with Crippen molar-refractivity contribution in [3.05, 3.63) is 29.3 Å². The van der Waals surface area contributed by atoms with E-state index in [2.05, 4.69) is 0 Å².